The van der Waals surface area contributed by atoms with Crippen molar-refractivity contribution in [2.45, 2.75) is 44.7 Å². The van der Waals surface area contributed by atoms with Crippen molar-refractivity contribution < 1.29 is 4.39 Å². The first-order valence-electron chi connectivity index (χ1n) is 10.3. The number of nitrogens with zero attached hydrogens (tertiary/aromatic N) is 5. The van der Waals surface area contributed by atoms with Crippen LogP contribution in [0.25, 0.3) is 11.2 Å². The molecule has 28 heavy (non-hydrogen) atoms. The maximum absolute atomic E-state index is 14.0. The lowest BCUT2D eigenvalue weighted by molar-refractivity contribution is 0.00745. The summed E-state index contributed by atoms with van der Waals surface area (Å²) in [4.78, 5) is 8.86. The number of hydrogen-bond donors (Lipinski definition) is 1. The van der Waals surface area contributed by atoms with E-state index in [0.717, 1.165) is 29.5 Å². The molecule has 0 amide bonds. The zero-order valence-corrected chi connectivity index (χ0v) is 15.6. The van der Waals surface area contributed by atoms with Gasteiger partial charge in [0.2, 0.25) is 0 Å². The number of rotatable bonds is 4. The predicted octanol–water partition coefficient (Wildman–Crippen LogP) is 3.65. The number of fused-ring (bicyclic) bond motifs is 1. The fourth-order valence-corrected chi connectivity index (χ4v) is 6.11. The summed E-state index contributed by atoms with van der Waals surface area (Å²) in [7, 11) is 0. The number of hydrogen-bond acceptors (Lipinski definition) is 5. The Hall–Kier alpha value is -2.57. The van der Waals surface area contributed by atoms with Crippen LogP contribution in [0.5, 0.6) is 0 Å². The lowest BCUT2D eigenvalue weighted by atomic mass is 9.54. The molecule has 144 valence electrons. The molecule has 1 aromatic carbocycles. The summed E-state index contributed by atoms with van der Waals surface area (Å²) in [6, 6.07) is 7.21. The van der Waals surface area contributed by atoms with Crippen LogP contribution in [0.2, 0.25) is 0 Å². The normalized spacial score (nSPS) is 30.8. The molecule has 0 atom stereocenters. The minimum absolute atomic E-state index is 0.243. The molecule has 0 unspecified atom stereocenters. The summed E-state index contributed by atoms with van der Waals surface area (Å²) in [5.74, 6) is 3.89. The Balaban J connectivity index is 1.30. The summed E-state index contributed by atoms with van der Waals surface area (Å²) >= 11 is 0. The molecule has 0 spiro atoms. The molecule has 0 aliphatic heterocycles. The number of halogens is 1. The van der Waals surface area contributed by atoms with Gasteiger partial charge in [-0.05, 0) is 61.8 Å². The SMILES string of the molecule is Fc1ccccc1Cn1nnc2c(NC3C4CC5CC(C4)CC3C5)ncnc21. The Bertz CT molecular complexity index is 1000. The van der Waals surface area contributed by atoms with Gasteiger partial charge in [0.05, 0.1) is 6.54 Å². The van der Waals surface area contributed by atoms with Gasteiger partial charge in [0, 0.05) is 11.6 Å². The van der Waals surface area contributed by atoms with Crippen LogP contribution in [0.4, 0.5) is 10.2 Å². The van der Waals surface area contributed by atoms with Crippen LogP contribution >= 0.6 is 0 Å². The van der Waals surface area contributed by atoms with Crippen molar-refractivity contribution >= 4 is 17.0 Å². The first kappa shape index (κ1) is 16.4. The molecular weight excluding hydrogens is 355 g/mol. The summed E-state index contributed by atoms with van der Waals surface area (Å²) < 4.78 is 15.7. The molecule has 6 nitrogen and oxygen atoms in total. The van der Waals surface area contributed by atoms with Gasteiger partial charge in [-0.15, -0.1) is 5.10 Å². The lowest BCUT2D eigenvalue weighted by Gasteiger charge is -2.54. The van der Waals surface area contributed by atoms with E-state index in [0.29, 0.717) is 29.3 Å². The van der Waals surface area contributed by atoms with Crippen molar-refractivity contribution in [1.82, 2.24) is 25.0 Å². The minimum Gasteiger partial charge on any atom is -0.365 e. The second kappa shape index (κ2) is 6.22. The predicted molar refractivity (Wildman–Crippen MR) is 103 cm³/mol. The van der Waals surface area contributed by atoms with Crippen LogP contribution in [0.15, 0.2) is 30.6 Å². The first-order chi connectivity index (χ1) is 13.7. The summed E-state index contributed by atoms with van der Waals surface area (Å²) in [6.07, 6.45) is 8.39. The van der Waals surface area contributed by atoms with Crippen LogP contribution in [0, 0.1) is 29.5 Å². The van der Waals surface area contributed by atoms with E-state index in [2.05, 4.69) is 25.6 Å². The maximum atomic E-state index is 14.0. The van der Waals surface area contributed by atoms with Crippen LogP contribution in [-0.4, -0.2) is 31.0 Å². The Kier molecular flexibility index (Phi) is 3.64. The third-order valence-electron chi connectivity index (χ3n) is 7.11. The molecule has 0 saturated heterocycles. The monoisotopic (exact) mass is 378 g/mol. The first-order valence-corrected chi connectivity index (χ1v) is 10.3. The highest BCUT2D eigenvalue weighted by atomic mass is 19.1. The molecule has 4 aliphatic rings. The lowest BCUT2D eigenvalue weighted by Crippen LogP contribution is -2.51. The Morgan fingerprint density at radius 3 is 2.50 bits per heavy atom. The highest BCUT2D eigenvalue weighted by molar-refractivity contribution is 5.82. The van der Waals surface area contributed by atoms with E-state index in [1.54, 1.807) is 23.1 Å². The van der Waals surface area contributed by atoms with Gasteiger partial charge >= 0.3 is 0 Å². The van der Waals surface area contributed by atoms with Gasteiger partial charge in [0.25, 0.3) is 0 Å². The zero-order chi connectivity index (χ0) is 18.7. The highest BCUT2D eigenvalue weighted by Crippen LogP contribution is 2.54. The van der Waals surface area contributed by atoms with E-state index < -0.39 is 0 Å². The molecule has 1 N–H and O–H groups in total. The fourth-order valence-electron chi connectivity index (χ4n) is 6.11. The number of anilines is 1. The van der Waals surface area contributed by atoms with Gasteiger partial charge in [-0.2, -0.15) is 0 Å². The van der Waals surface area contributed by atoms with Gasteiger partial charge in [0.15, 0.2) is 17.0 Å². The average Bonchev–Trinajstić information content (AvgIpc) is 3.10. The molecule has 7 rings (SSSR count). The number of nitrogens with one attached hydrogen (secondary N) is 1. The van der Waals surface area contributed by atoms with Crippen molar-refractivity contribution in [2.75, 3.05) is 5.32 Å². The maximum Gasteiger partial charge on any atom is 0.184 e. The van der Waals surface area contributed by atoms with Crippen molar-refractivity contribution in [3.63, 3.8) is 0 Å². The quantitative estimate of drug-likeness (QED) is 0.751. The zero-order valence-electron chi connectivity index (χ0n) is 15.6. The van der Waals surface area contributed by atoms with Crippen molar-refractivity contribution in [3.05, 3.63) is 42.0 Å². The van der Waals surface area contributed by atoms with E-state index in [1.165, 1.54) is 38.2 Å². The van der Waals surface area contributed by atoms with Crippen LogP contribution in [-0.2, 0) is 6.54 Å². The summed E-state index contributed by atoms with van der Waals surface area (Å²) in [5.41, 5.74) is 1.89. The third kappa shape index (κ3) is 2.59. The van der Waals surface area contributed by atoms with E-state index in [1.807, 2.05) is 6.07 Å². The van der Waals surface area contributed by atoms with E-state index in [9.17, 15) is 4.39 Å². The smallest absolute Gasteiger partial charge is 0.184 e. The van der Waals surface area contributed by atoms with Crippen LogP contribution in [0.3, 0.4) is 0 Å². The highest BCUT2D eigenvalue weighted by Gasteiger charge is 2.48. The molecule has 4 saturated carbocycles. The second-order valence-electron chi connectivity index (χ2n) is 8.83. The molecule has 0 radical (unpaired) electrons. The van der Waals surface area contributed by atoms with Gasteiger partial charge in [0.1, 0.15) is 12.1 Å². The third-order valence-corrected chi connectivity index (χ3v) is 7.11. The van der Waals surface area contributed by atoms with Gasteiger partial charge in [-0.3, -0.25) is 0 Å². The average molecular weight is 378 g/mol. The minimum atomic E-state index is -0.243. The van der Waals surface area contributed by atoms with Gasteiger partial charge in [-0.1, -0.05) is 23.4 Å². The topological polar surface area (TPSA) is 68.5 Å². The van der Waals surface area contributed by atoms with Crippen molar-refractivity contribution in [1.29, 1.82) is 0 Å². The number of benzene rings is 1. The van der Waals surface area contributed by atoms with E-state index in [-0.39, 0.29) is 5.82 Å². The molecule has 2 aromatic heterocycles. The number of aromatic nitrogens is 5. The molecule has 7 heteroatoms. The van der Waals surface area contributed by atoms with Crippen molar-refractivity contribution in [2.24, 2.45) is 23.7 Å². The largest absolute Gasteiger partial charge is 0.365 e. The van der Waals surface area contributed by atoms with Gasteiger partial charge in [-0.25, -0.2) is 19.0 Å². The Morgan fingerprint density at radius 1 is 1.00 bits per heavy atom. The fraction of sp³-hybridized carbons (Fsp3) is 0.524. The Morgan fingerprint density at radius 2 is 1.75 bits per heavy atom. The van der Waals surface area contributed by atoms with Crippen LogP contribution in [0.1, 0.15) is 37.7 Å². The molecule has 4 bridgehead atoms. The van der Waals surface area contributed by atoms with E-state index in [4.69, 9.17) is 0 Å². The molecule has 4 aliphatic carbocycles. The van der Waals surface area contributed by atoms with E-state index >= 15 is 0 Å². The van der Waals surface area contributed by atoms with Crippen molar-refractivity contribution in [3.8, 4) is 0 Å². The molecule has 3 aromatic rings. The summed E-state index contributed by atoms with van der Waals surface area (Å²) in [6.45, 7) is 0.303. The second-order valence-corrected chi connectivity index (χ2v) is 8.83. The van der Waals surface area contributed by atoms with Gasteiger partial charge < -0.3 is 5.32 Å². The molecule has 4 fully saturated rings. The molecule has 2 heterocycles. The standard InChI is InChI=1S/C21H23FN6/c22-17-4-2-1-3-14(17)10-28-21-19(26-27-28)20(23-11-24-21)25-18-15-6-12-5-13(8-15)9-16(18)7-12/h1-4,11-13,15-16,18H,5-10H2,(H,23,24,25). The molecular formula is C21H23FN6. The summed E-state index contributed by atoms with van der Waals surface area (Å²) in [5, 5.41) is 12.3. The Labute approximate surface area is 162 Å². The van der Waals surface area contributed by atoms with Crippen LogP contribution < -0.4 is 5.32 Å².